The Kier molecular flexibility index (Phi) is 6.42. The van der Waals surface area contributed by atoms with Crippen molar-refractivity contribution in [3.05, 3.63) is 42.2 Å². The van der Waals surface area contributed by atoms with Gasteiger partial charge in [0.15, 0.2) is 0 Å². The SMILES string of the molecule is CC1CCCCC1C(=O)N1CCC(S(C)(=O)=NC(=O)c2cccc3ccncc23)CC1. The third-order valence-electron chi connectivity index (χ3n) is 6.98. The molecule has 1 aromatic heterocycles. The summed E-state index contributed by atoms with van der Waals surface area (Å²) in [5.41, 5.74) is 0.430. The number of piperidine rings is 1. The van der Waals surface area contributed by atoms with E-state index in [0.717, 1.165) is 30.0 Å². The van der Waals surface area contributed by atoms with Crippen LogP contribution < -0.4 is 0 Å². The second kappa shape index (κ2) is 9.07. The summed E-state index contributed by atoms with van der Waals surface area (Å²) < 4.78 is 17.6. The average Bonchev–Trinajstić information content (AvgIpc) is 2.78. The van der Waals surface area contributed by atoms with Crippen LogP contribution >= 0.6 is 0 Å². The predicted molar refractivity (Wildman–Crippen MR) is 123 cm³/mol. The van der Waals surface area contributed by atoms with E-state index in [0.29, 0.717) is 37.4 Å². The molecule has 6 nitrogen and oxygen atoms in total. The highest BCUT2D eigenvalue weighted by Gasteiger charge is 2.34. The van der Waals surface area contributed by atoms with Gasteiger partial charge in [-0.3, -0.25) is 14.6 Å². The number of rotatable bonds is 3. The fraction of sp³-hybridized carbons (Fsp3) is 0.542. The zero-order chi connectivity index (χ0) is 22.0. The van der Waals surface area contributed by atoms with Crippen molar-refractivity contribution >= 4 is 32.3 Å². The van der Waals surface area contributed by atoms with Crippen LogP contribution in [0.4, 0.5) is 0 Å². The van der Waals surface area contributed by atoms with Crippen molar-refractivity contribution in [2.24, 2.45) is 16.2 Å². The van der Waals surface area contributed by atoms with Crippen molar-refractivity contribution in [1.82, 2.24) is 9.88 Å². The maximum Gasteiger partial charge on any atom is 0.285 e. The number of hydrogen-bond acceptors (Lipinski definition) is 4. The van der Waals surface area contributed by atoms with Crippen molar-refractivity contribution in [2.75, 3.05) is 19.3 Å². The molecule has 0 spiro atoms. The lowest BCUT2D eigenvalue weighted by atomic mass is 9.79. The highest BCUT2D eigenvalue weighted by molar-refractivity contribution is 7.93. The lowest BCUT2D eigenvalue weighted by molar-refractivity contribution is -0.139. The molecule has 1 saturated heterocycles. The predicted octanol–water partition coefficient (Wildman–Crippen LogP) is 4.29. The van der Waals surface area contributed by atoms with Crippen molar-refractivity contribution in [2.45, 2.75) is 50.7 Å². The quantitative estimate of drug-likeness (QED) is 0.712. The molecule has 3 atom stereocenters. The summed E-state index contributed by atoms with van der Waals surface area (Å²) >= 11 is 0. The van der Waals surface area contributed by atoms with Crippen LogP contribution in [0.15, 0.2) is 41.0 Å². The van der Waals surface area contributed by atoms with Gasteiger partial charge in [-0.1, -0.05) is 31.9 Å². The van der Waals surface area contributed by atoms with Crippen LogP contribution in [-0.2, 0) is 14.5 Å². The van der Waals surface area contributed by atoms with E-state index in [2.05, 4.69) is 16.3 Å². The number of hydrogen-bond donors (Lipinski definition) is 0. The van der Waals surface area contributed by atoms with E-state index in [1.54, 1.807) is 30.8 Å². The van der Waals surface area contributed by atoms with Gasteiger partial charge in [-0.2, -0.15) is 4.36 Å². The van der Waals surface area contributed by atoms with Gasteiger partial charge in [-0.15, -0.1) is 0 Å². The molecule has 1 aliphatic heterocycles. The van der Waals surface area contributed by atoms with Gasteiger partial charge in [0.05, 0.1) is 15.3 Å². The van der Waals surface area contributed by atoms with E-state index < -0.39 is 15.6 Å². The van der Waals surface area contributed by atoms with Gasteiger partial charge in [-0.05, 0) is 49.1 Å². The van der Waals surface area contributed by atoms with Gasteiger partial charge in [0.1, 0.15) is 0 Å². The third kappa shape index (κ3) is 4.66. The summed E-state index contributed by atoms with van der Waals surface area (Å²) in [6.45, 7) is 3.37. The first-order valence-corrected chi connectivity index (χ1v) is 13.2. The Balaban J connectivity index is 1.46. The maximum atomic E-state index is 13.4. The Morgan fingerprint density at radius 1 is 1.10 bits per heavy atom. The third-order valence-corrected chi connectivity index (χ3v) is 9.22. The Hall–Kier alpha value is -2.28. The fourth-order valence-electron chi connectivity index (χ4n) is 5.02. The molecular formula is C24H31N3O3S. The van der Waals surface area contributed by atoms with Crippen LogP contribution in [0.3, 0.4) is 0 Å². The molecule has 2 amide bonds. The summed E-state index contributed by atoms with van der Waals surface area (Å²) in [5, 5.41) is 1.44. The topological polar surface area (TPSA) is 79.7 Å². The molecule has 2 heterocycles. The van der Waals surface area contributed by atoms with E-state index in [9.17, 15) is 13.8 Å². The minimum atomic E-state index is -2.72. The number of carbonyl (C=O) groups is 2. The van der Waals surface area contributed by atoms with Gasteiger partial charge < -0.3 is 4.90 Å². The van der Waals surface area contributed by atoms with Crippen molar-refractivity contribution < 1.29 is 13.8 Å². The molecule has 1 saturated carbocycles. The molecule has 166 valence electrons. The van der Waals surface area contributed by atoms with E-state index in [1.807, 2.05) is 17.0 Å². The zero-order valence-corrected chi connectivity index (χ0v) is 19.1. The average molecular weight is 442 g/mol. The summed E-state index contributed by atoms with van der Waals surface area (Å²) in [6.07, 6.45) is 10.6. The molecule has 31 heavy (non-hydrogen) atoms. The van der Waals surface area contributed by atoms with Crippen LogP contribution in [-0.4, -0.2) is 50.5 Å². The van der Waals surface area contributed by atoms with Gasteiger partial charge >= 0.3 is 0 Å². The number of pyridine rings is 1. The molecule has 0 bridgehead atoms. The van der Waals surface area contributed by atoms with E-state index in [1.165, 1.54) is 6.42 Å². The van der Waals surface area contributed by atoms with Crippen LogP contribution in [0, 0.1) is 11.8 Å². The molecule has 1 aromatic carbocycles. The van der Waals surface area contributed by atoms with E-state index in [-0.39, 0.29) is 17.1 Å². The highest BCUT2D eigenvalue weighted by atomic mass is 32.2. The molecule has 2 aliphatic rings. The first kappa shape index (κ1) is 21.9. The number of aromatic nitrogens is 1. The minimum Gasteiger partial charge on any atom is -0.342 e. The fourth-order valence-corrected chi connectivity index (χ4v) is 6.68. The Morgan fingerprint density at radius 3 is 2.58 bits per heavy atom. The normalized spacial score (nSPS) is 24.5. The molecule has 1 aliphatic carbocycles. The number of fused-ring (bicyclic) bond motifs is 1. The first-order valence-electron chi connectivity index (χ1n) is 11.2. The molecule has 3 unspecified atom stereocenters. The lowest BCUT2D eigenvalue weighted by Gasteiger charge is -2.37. The van der Waals surface area contributed by atoms with Gasteiger partial charge in [0, 0.05) is 48.3 Å². The number of nitrogens with zero attached hydrogens (tertiary/aromatic N) is 3. The minimum absolute atomic E-state index is 0.127. The van der Waals surface area contributed by atoms with Crippen molar-refractivity contribution in [3.8, 4) is 0 Å². The molecule has 2 fully saturated rings. The molecule has 4 rings (SSSR count). The van der Waals surface area contributed by atoms with Crippen molar-refractivity contribution in [1.29, 1.82) is 0 Å². The summed E-state index contributed by atoms with van der Waals surface area (Å²) in [7, 11) is -2.72. The number of carbonyl (C=O) groups excluding carboxylic acids is 2. The highest BCUT2D eigenvalue weighted by Crippen LogP contribution is 2.32. The Bertz CT molecular complexity index is 1090. The molecule has 2 aromatic rings. The van der Waals surface area contributed by atoms with Crippen LogP contribution in [0.5, 0.6) is 0 Å². The summed E-state index contributed by atoms with van der Waals surface area (Å²) in [5.74, 6) is 0.366. The summed E-state index contributed by atoms with van der Waals surface area (Å²) in [6, 6.07) is 7.27. The zero-order valence-electron chi connectivity index (χ0n) is 18.3. The van der Waals surface area contributed by atoms with Crippen LogP contribution in [0.1, 0.15) is 55.8 Å². The largest absolute Gasteiger partial charge is 0.342 e. The van der Waals surface area contributed by atoms with Crippen LogP contribution in [0.25, 0.3) is 10.8 Å². The lowest BCUT2D eigenvalue weighted by Crippen LogP contribution is -2.46. The second-order valence-electron chi connectivity index (χ2n) is 9.05. The summed E-state index contributed by atoms with van der Waals surface area (Å²) in [4.78, 5) is 31.9. The van der Waals surface area contributed by atoms with E-state index in [4.69, 9.17) is 0 Å². The number of benzene rings is 1. The molecule has 0 N–H and O–H groups in total. The molecular weight excluding hydrogens is 410 g/mol. The van der Waals surface area contributed by atoms with Gasteiger partial charge in [0.25, 0.3) is 5.91 Å². The van der Waals surface area contributed by atoms with E-state index >= 15 is 0 Å². The van der Waals surface area contributed by atoms with Gasteiger partial charge in [-0.25, -0.2) is 4.21 Å². The monoisotopic (exact) mass is 441 g/mol. The first-order chi connectivity index (χ1) is 14.9. The second-order valence-corrected chi connectivity index (χ2v) is 11.6. The van der Waals surface area contributed by atoms with Gasteiger partial charge in [0.2, 0.25) is 5.91 Å². The number of likely N-dealkylation sites (tertiary alicyclic amines) is 1. The van der Waals surface area contributed by atoms with Crippen molar-refractivity contribution in [3.63, 3.8) is 0 Å². The number of amides is 2. The molecule has 0 radical (unpaired) electrons. The Labute approximate surface area is 184 Å². The van der Waals surface area contributed by atoms with Crippen LogP contribution in [0.2, 0.25) is 0 Å². The molecule has 7 heteroatoms. The standard InChI is InChI=1S/C24H31N3O3S/c1-17-6-3-4-8-20(17)24(29)27-14-11-19(12-15-27)31(2,30)26-23(28)21-9-5-7-18-10-13-25-16-22(18)21/h5,7,9-10,13,16-17,19-20H,3-4,6,8,11-12,14-15H2,1-2H3. The maximum absolute atomic E-state index is 13.4. The smallest absolute Gasteiger partial charge is 0.285 e. The Morgan fingerprint density at radius 2 is 1.84 bits per heavy atom.